The van der Waals surface area contributed by atoms with Crippen molar-refractivity contribution in [1.82, 2.24) is 9.78 Å². The molecule has 2 nitrogen and oxygen atoms in total. The maximum Gasteiger partial charge on any atom is 0.0681 e. The second kappa shape index (κ2) is 4.53. The first-order chi connectivity index (χ1) is 8.04. The van der Waals surface area contributed by atoms with Crippen LogP contribution in [0.25, 0.3) is 5.69 Å². The Morgan fingerprint density at radius 1 is 1.18 bits per heavy atom. The van der Waals surface area contributed by atoms with Crippen molar-refractivity contribution < 1.29 is 0 Å². The molecule has 0 aliphatic rings. The van der Waals surface area contributed by atoms with Gasteiger partial charge in [0, 0.05) is 11.6 Å². The van der Waals surface area contributed by atoms with E-state index in [4.69, 9.17) is 11.6 Å². The molecule has 2 aromatic rings. The number of hydrogen-bond acceptors (Lipinski definition) is 1. The minimum absolute atomic E-state index is 0.533. The second-order valence-electron chi connectivity index (χ2n) is 4.46. The monoisotopic (exact) mass is 248 g/mol. The minimum atomic E-state index is 0.533. The van der Waals surface area contributed by atoms with Crippen molar-refractivity contribution >= 4 is 11.6 Å². The molecule has 3 heteroatoms. The largest absolute Gasteiger partial charge is 0.237 e. The minimum Gasteiger partial charge on any atom is -0.237 e. The van der Waals surface area contributed by atoms with Crippen LogP contribution in [0.15, 0.2) is 18.2 Å². The summed E-state index contributed by atoms with van der Waals surface area (Å²) in [6, 6.07) is 6.27. The first-order valence-electron chi connectivity index (χ1n) is 5.73. The van der Waals surface area contributed by atoms with Gasteiger partial charge in [-0.25, -0.2) is 4.68 Å². The number of halogens is 1. The Bertz CT molecular complexity index is 556. The molecule has 1 aromatic carbocycles. The van der Waals surface area contributed by atoms with Gasteiger partial charge < -0.3 is 0 Å². The zero-order valence-corrected chi connectivity index (χ0v) is 11.5. The van der Waals surface area contributed by atoms with Gasteiger partial charge in [-0.3, -0.25) is 0 Å². The summed E-state index contributed by atoms with van der Waals surface area (Å²) in [5, 5.41) is 4.59. The fourth-order valence-corrected chi connectivity index (χ4v) is 2.09. The van der Waals surface area contributed by atoms with Crippen molar-refractivity contribution in [3.63, 3.8) is 0 Å². The second-order valence-corrected chi connectivity index (χ2v) is 4.73. The number of hydrogen-bond donors (Lipinski definition) is 0. The van der Waals surface area contributed by atoms with Crippen LogP contribution in [0.3, 0.4) is 0 Å². The Hall–Kier alpha value is -1.28. The summed E-state index contributed by atoms with van der Waals surface area (Å²) in [5.41, 5.74) is 6.98. The molecule has 2 rings (SSSR count). The Kier molecular flexibility index (Phi) is 3.25. The highest BCUT2D eigenvalue weighted by atomic mass is 35.5. The Labute approximate surface area is 107 Å². The number of rotatable bonds is 2. The van der Waals surface area contributed by atoms with Crippen LogP contribution in [-0.4, -0.2) is 9.78 Å². The molecule has 0 aliphatic carbocycles. The number of aromatic nitrogens is 2. The van der Waals surface area contributed by atoms with Gasteiger partial charge in [0.2, 0.25) is 0 Å². The Balaban J connectivity index is 2.63. The predicted molar refractivity (Wildman–Crippen MR) is 72.1 cm³/mol. The quantitative estimate of drug-likeness (QED) is 0.739. The van der Waals surface area contributed by atoms with E-state index in [9.17, 15) is 0 Å². The molecule has 1 aromatic heterocycles. The highest BCUT2D eigenvalue weighted by molar-refractivity contribution is 6.17. The standard InChI is InChI=1S/C14H17ClN2/c1-9-5-6-13(8-15)7-14(9)17-12(4)10(2)11(3)16-17/h5-7H,8H2,1-4H3. The molecular weight excluding hydrogens is 232 g/mol. The van der Waals surface area contributed by atoms with Gasteiger partial charge in [-0.2, -0.15) is 5.10 Å². The normalized spacial score (nSPS) is 10.9. The van der Waals surface area contributed by atoms with E-state index in [-0.39, 0.29) is 0 Å². The lowest BCUT2D eigenvalue weighted by molar-refractivity contribution is 0.825. The molecular formula is C14H17ClN2. The fourth-order valence-electron chi connectivity index (χ4n) is 1.92. The topological polar surface area (TPSA) is 17.8 Å². The van der Waals surface area contributed by atoms with Gasteiger partial charge in [0.25, 0.3) is 0 Å². The van der Waals surface area contributed by atoms with Gasteiger partial charge in [0.05, 0.1) is 11.4 Å². The van der Waals surface area contributed by atoms with Crippen LogP contribution in [0.2, 0.25) is 0 Å². The zero-order valence-electron chi connectivity index (χ0n) is 10.7. The fraction of sp³-hybridized carbons (Fsp3) is 0.357. The Morgan fingerprint density at radius 3 is 2.41 bits per heavy atom. The molecule has 0 spiro atoms. The van der Waals surface area contributed by atoms with Gasteiger partial charge in [0.1, 0.15) is 0 Å². The first-order valence-corrected chi connectivity index (χ1v) is 6.26. The molecule has 0 saturated heterocycles. The van der Waals surface area contributed by atoms with Crippen molar-refractivity contribution in [3.05, 3.63) is 46.3 Å². The third kappa shape index (κ3) is 2.09. The van der Waals surface area contributed by atoms with Gasteiger partial charge >= 0.3 is 0 Å². The molecule has 0 saturated carbocycles. The smallest absolute Gasteiger partial charge is 0.0681 e. The van der Waals surface area contributed by atoms with Crippen LogP contribution in [0, 0.1) is 27.7 Å². The van der Waals surface area contributed by atoms with E-state index < -0.39 is 0 Å². The summed E-state index contributed by atoms with van der Waals surface area (Å²) in [4.78, 5) is 0. The SMILES string of the molecule is Cc1ccc(CCl)cc1-n1nc(C)c(C)c1C. The van der Waals surface area contributed by atoms with E-state index in [1.807, 2.05) is 11.6 Å². The average Bonchev–Trinajstić information content (AvgIpc) is 2.58. The molecule has 0 unspecified atom stereocenters. The summed E-state index contributed by atoms with van der Waals surface area (Å²) < 4.78 is 2.01. The molecule has 90 valence electrons. The highest BCUT2D eigenvalue weighted by Gasteiger charge is 2.11. The zero-order chi connectivity index (χ0) is 12.6. The summed E-state index contributed by atoms with van der Waals surface area (Å²) in [5.74, 6) is 0.533. The molecule has 0 amide bonds. The third-order valence-corrected chi connectivity index (χ3v) is 3.62. The lowest BCUT2D eigenvalue weighted by Gasteiger charge is -2.10. The molecule has 17 heavy (non-hydrogen) atoms. The maximum absolute atomic E-state index is 5.89. The lowest BCUT2D eigenvalue weighted by Crippen LogP contribution is -2.02. The van der Waals surface area contributed by atoms with Crippen LogP contribution in [0.1, 0.15) is 28.1 Å². The molecule has 0 bridgehead atoms. The summed E-state index contributed by atoms with van der Waals surface area (Å²) in [6.07, 6.45) is 0. The molecule has 0 radical (unpaired) electrons. The van der Waals surface area contributed by atoms with E-state index in [0.717, 1.165) is 16.9 Å². The number of nitrogens with zero attached hydrogens (tertiary/aromatic N) is 2. The lowest BCUT2D eigenvalue weighted by atomic mass is 10.1. The van der Waals surface area contributed by atoms with Gasteiger partial charge in [-0.05, 0) is 50.5 Å². The third-order valence-electron chi connectivity index (χ3n) is 3.31. The number of alkyl halides is 1. The number of benzene rings is 1. The van der Waals surface area contributed by atoms with Crippen molar-refractivity contribution in [2.24, 2.45) is 0 Å². The van der Waals surface area contributed by atoms with E-state index >= 15 is 0 Å². The highest BCUT2D eigenvalue weighted by Crippen LogP contribution is 2.21. The van der Waals surface area contributed by atoms with Crippen molar-refractivity contribution in [3.8, 4) is 5.69 Å². The van der Waals surface area contributed by atoms with E-state index in [1.165, 1.54) is 16.8 Å². The first kappa shape index (κ1) is 12.2. The van der Waals surface area contributed by atoms with Crippen molar-refractivity contribution in [2.45, 2.75) is 33.6 Å². The summed E-state index contributed by atoms with van der Waals surface area (Å²) in [6.45, 7) is 8.34. The Morgan fingerprint density at radius 2 is 1.88 bits per heavy atom. The van der Waals surface area contributed by atoms with Crippen LogP contribution in [0.4, 0.5) is 0 Å². The summed E-state index contributed by atoms with van der Waals surface area (Å²) >= 11 is 5.89. The van der Waals surface area contributed by atoms with Gasteiger partial charge in [-0.15, -0.1) is 11.6 Å². The predicted octanol–water partition coefficient (Wildman–Crippen LogP) is 3.84. The molecule has 0 atom stereocenters. The van der Waals surface area contributed by atoms with E-state index in [2.05, 4.69) is 44.1 Å². The van der Waals surface area contributed by atoms with E-state index in [0.29, 0.717) is 5.88 Å². The molecule has 0 fully saturated rings. The average molecular weight is 249 g/mol. The molecule has 1 heterocycles. The molecule has 0 aliphatic heterocycles. The van der Waals surface area contributed by atoms with Gasteiger partial charge in [-0.1, -0.05) is 12.1 Å². The number of aryl methyl sites for hydroxylation is 2. The van der Waals surface area contributed by atoms with Crippen LogP contribution >= 0.6 is 11.6 Å². The van der Waals surface area contributed by atoms with Crippen LogP contribution < -0.4 is 0 Å². The van der Waals surface area contributed by atoms with E-state index in [1.54, 1.807) is 0 Å². The molecule has 0 N–H and O–H groups in total. The van der Waals surface area contributed by atoms with Gasteiger partial charge in [0.15, 0.2) is 0 Å². The summed E-state index contributed by atoms with van der Waals surface area (Å²) in [7, 11) is 0. The van der Waals surface area contributed by atoms with Crippen molar-refractivity contribution in [2.75, 3.05) is 0 Å². The van der Waals surface area contributed by atoms with Crippen LogP contribution in [-0.2, 0) is 5.88 Å². The van der Waals surface area contributed by atoms with Crippen molar-refractivity contribution in [1.29, 1.82) is 0 Å². The maximum atomic E-state index is 5.89. The van der Waals surface area contributed by atoms with Crippen LogP contribution in [0.5, 0.6) is 0 Å².